The van der Waals surface area contributed by atoms with E-state index in [1.807, 2.05) is 6.92 Å². The molecule has 0 saturated carbocycles. The Morgan fingerprint density at radius 3 is 2.77 bits per heavy atom. The van der Waals surface area contributed by atoms with E-state index in [2.05, 4.69) is 0 Å². The molecule has 0 fully saturated rings. The van der Waals surface area contributed by atoms with Gasteiger partial charge >= 0.3 is 0 Å². The van der Waals surface area contributed by atoms with Crippen molar-refractivity contribution in [2.75, 3.05) is 6.54 Å². The fraction of sp³-hybridized carbons (Fsp3) is 0.600. The summed E-state index contributed by atoms with van der Waals surface area (Å²) in [5, 5.41) is 0. The zero-order valence-electron chi connectivity index (χ0n) is 7.82. The van der Waals surface area contributed by atoms with Crippen LogP contribution in [-0.2, 0) is 0 Å². The molecule has 1 aliphatic carbocycles. The minimum atomic E-state index is -0.222. The first-order chi connectivity index (χ1) is 6.13. The molecule has 0 aromatic rings. The molecule has 0 aromatic heterocycles. The van der Waals surface area contributed by atoms with Gasteiger partial charge in [0.15, 0.2) is 0 Å². The van der Waals surface area contributed by atoms with Gasteiger partial charge in [0.1, 0.15) is 11.7 Å². The van der Waals surface area contributed by atoms with Crippen LogP contribution in [0.15, 0.2) is 23.3 Å². The van der Waals surface area contributed by atoms with E-state index in [0.717, 1.165) is 0 Å². The summed E-state index contributed by atoms with van der Waals surface area (Å²) in [4.78, 5) is 0. The molecule has 0 bridgehead atoms. The van der Waals surface area contributed by atoms with E-state index in [-0.39, 0.29) is 30.4 Å². The van der Waals surface area contributed by atoms with Crippen molar-refractivity contribution in [1.82, 2.24) is 0 Å². The number of allylic oxidation sites excluding steroid dienone is 4. The van der Waals surface area contributed by atoms with Crippen LogP contribution in [0.4, 0.5) is 8.78 Å². The van der Waals surface area contributed by atoms with Crippen molar-refractivity contribution in [3.8, 4) is 0 Å². The second kappa shape index (κ2) is 4.51. The first-order valence-electron chi connectivity index (χ1n) is 4.57. The molecule has 2 N–H and O–H groups in total. The average Bonchev–Trinajstić information content (AvgIpc) is 2.11. The van der Waals surface area contributed by atoms with Gasteiger partial charge in [-0.15, -0.1) is 0 Å². The predicted octanol–water partition coefficient (Wildman–Crippen LogP) is 2.84. The Morgan fingerprint density at radius 1 is 1.46 bits per heavy atom. The third-order valence-corrected chi connectivity index (χ3v) is 2.23. The number of nitrogens with two attached hydrogens (primary N) is 1. The molecule has 0 radical (unpaired) electrons. The summed E-state index contributed by atoms with van der Waals surface area (Å²) < 4.78 is 25.9. The highest BCUT2D eigenvalue weighted by atomic mass is 19.1. The topological polar surface area (TPSA) is 26.0 Å². The summed E-state index contributed by atoms with van der Waals surface area (Å²) in [5.74, 6) is -0.190. The smallest absolute Gasteiger partial charge is 0.104 e. The van der Waals surface area contributed by atoms with Crippen LogP contribution in [0.1, 0.15) is 26.2 Å². The molecule has 0 saturated heterocycles. The molecule has 3 heteroatoms. The highest BCUT2D eigenvalue weighted by molar-refractivity contribution is 5.28. The monoisotopic (exact) mass is 187 g/mol. The molecule has 0 aromatic carbocycles. The van der Waals surface area contributed by atoms with Gasteiger partial charge in [-0.05, 0) is 30.5 Å². The van der Waals surface area contributed by atoms with Crippen LogP contribution < -0.4 is 5.73 Å². The van der Waals surface area contributed by atoms with Crippen LogP contribution in [0, 0.1) is 5.92 Å². The second-order valence-corrected chi connectivity index (χ2v) is 3.57. The van der Waals surface area contributed by atoms with Gasteiger partial charge < -0.3 is 5.73 Å². The molecular formula is C10H15F2N. The normalized spacial score (nSPS) is 20.2. The fourth-order valence-electron chi connectivity index (χ4n) is 1.36. The molecule has 1 unspecified atom stereocenters. The third kappa shape index (κ3) is 2.92. The maximum absolute atomic E-state index is 13.1. The lowest BCUT2D eigenvalue weighted by molar-refractivity contribution is 0.497. The molecule has 74 valence electrons. The molecular weight excluding hydrogens is 172 g/mol. The highest BCUT2D eigenvalue weighted by Gasteiger charge is 2.14. The van der Waals surface area contributed by atoms with Crippen LogP contribution in [0.3, 0.4) is 0 Å². The van der Waals surface area contributed by atoms with Crippen molar-refractivity contribution in [2.24, 2.45) is 11.7 Å². The van der Waals surface area contributed by atoms with Crippen molar-refractivity contribution in [3.05, 3.63) is 23.3 Å². The quantitative estimate of drug-likeness (QED) is 0.722. The Bertz CT molecular complexity index is 243. The van der Waals surface area contributed by atoms with E-state index in [4.69, 9.17) is 5.73 Å². The Labute approximate surface area is 77.3 Å². The second-order valence-electron chi connectivity index (χ2n) is 3.57. The SMILES string of the molecule is CC(CN)CC1=C(F)CCC(F)=C1. The van der Waals surface area contributed by atoms with Gasteiger partial charge in [0.25, 0.3) is 0 Å². The van der Waals surface area contributed by atoms with Crippen LogP contribution in [0.2, 0.25) is 0 Å². The van der Waals surface area contributed by atoms with Gasteiger partial charge in [0.2, 0.25) is 0 Å². The van der Waals surface area contributed by atoms with Gasteiger partial charge in [-0.3, -0.25) is 0 Å². The van der Waals surface area contributed by atoms with E-state index >= 15 is 0 Å². The molecule has 1 nitrogen and oxygen atoms in total. The number of halogens is 2. The number of hydrogen-bond donors (Lipinski definition) is 1. The van der Waals surface area contributed by atoms with Crippen LogP contribution >= 0.6 is 0 Å². The van der Waals surface area contributed by atoms with Crippen LogP contribution in [-0.4, -0.2) is 6.54 Å². The van der Waals surface area contributed by atoms with Gasteiger partial charge in [-0.1, -0.05) is 6.92 Å². The first-order valence-corrected chi connectivity index (χ1v) is 4.57. The summed E-state index contributed by atoms with van der Waals surface area (Å²) >= 11 is 0. The fourth-order valence-corrected chi connectivity index (χ4v) is 1.36. The van der Waals surface area contributed by atoms with E-state index < -0.39 is 0 Å². The zero-order valence-corrected chi connectivity index (χ0v) is 7.82. The zero-order chi connectivity index (χ0) is 9.84. The Morgan fingerprint density at radius 2 is 2.15 bits per heavy atom. The van der Waals surface area contributed by atoms with E-state index in [9.17, 15) is 8.78 Å². The van der Waals surface area contributed by atoms with Crippen LogP contribution in [0.25, 0.3) is 0 Å². The highest BCUT2D eigenvalue weighted by Crippen LogP contribution is 2.29. The van der Waals surface area contributed by atoms with E-state index in [1.54, 1.807) is 0 Å². The Balaban J connectivity index is 2.66. The van der Waals surface area contributed by atoms with Crippen molar-refractivity contribution in [2.45, 2.75) is 26.2 Å². The molecule has 0 heterocycles. The van der Waals surface area contributed by atoms with Gasteiger partial charge in [0, 0.05) is 12.8 Å². The molecule has 13 heavy (non-hydrogen) atoms. The minimum absolute atomic E-state index is 0.179. The van der Waals surface area contributed by atoms with Crippen molar-refractivity contribution in [1.29, 1.82) is 0 Å². The molecule has 0 spiro atoms. The third-order valence-electron chi connectivity index (χ3n) is 2.23. The Kier molecular flexibility index (Phi) is 3.60. The van der Waals surface area contributed by atoms with Crippen molar-refractivity contribution < 1.29 is 8.78 Å². The standard InChI is InChI=1S/C10H15F2N/c1-7(6-13)4-8-5-9(11)2-3-10(8)12/h5,7H,2-4,6,13H2,1H3. The van der Waals surface area contributed by atoms with Gasteiger partial charge in [0.05, 0.1) is 0 Å². The first kappa shape index (κ1) is 10.4. The average molecular weight is 187 g/mol. The molecule has 0 aliphatic heterocycles. The van der Waals surface area contributed by atoms with E-state index in [1.165, 1.54) is 6.08 Å². The largest absolute Gasteiger partial charge is 0.330 e. The lowest BCUT2D eigenvalue weighted by Crippen LogP contribution is -2.12. The molecule has 0 amide bonds. The predicted molar refractivity (Wildman–Crippen MR) is 49.4 cm³/mol. The summed E-state index contributed by atoms with van der Waals surface area (Å²) in [6.45, 7) is 2.44. The summed E-state index contributed by atoms with van der Waals surface area (Å²) in [7, 11) is 0. The minimum Gasteiger partial charge on any atom is -0.330 e. The summed E-state index contributed by atoms with van der Waals surface area (Å²) in [5.41, 5.74) is 5.90. The lowest BCUT2D eigenvalue weighted by Gasteiger charge is -2.14. The molecule has 1 rings (SSSR count). The van der Waals surface area contributed by atoms with Crippen LogP contribution in [0.5, 0.6) is 0 Å². The summed E-state index contributed by atoms with van der Waals surface area (Å²) in [6, 6.07) is 0. The van der Waals surface area contributed by atoms with Gasteiger partial charge in [-0.25, -0.2) is 8.78 Å². The maximum atomic E-state index is 13.1. The van der Waals surface area contributed by atoms with Gasteiger partial charge in [-0.2, -0.15) is 0 Å². The molecule has 1 atom stereocenters. The maximum Gasteiger partial charge on any atom is 0.104 e. The number of hydrogen-bond acceptors (Lipinski definition) is 1. The number of rotatable bonds is 3. The van der Waals surface area contributed by atoms with E-state index in [0.29, 0.717) is 18.5 Å². The van der Waals surface area contributed by atoms with Crippen molar-refractivity contribution in [3.63, 3.8) is 0 Å². The lowest BCUT2D eigenvalue weighted by atomic mass is 9.95. The molecule has 1 aliphatic rings. The summed E-state index contributed by atoms with van der Waals surface area (Å²) in [6.07, 6.45) is 2.25. The Hall–Kier alpha value is -0.700. The van der Waals surface area contributed by atoms with Crippen molar-refractivity contribution >= 4 is 0 Å².